The van der Waals surface area contributed by atoms with Gasteiger partial charge in [-0.05, 0) is 31.5 Å². The van der Waals surface area contributed by atoms with Gasteiger partial charge in [0.25, 0.3) is 0 Å². The monoisotopic (exact) mass is 405 g/mol. The minimum absolute atomic E-state index is 0. The van der Waals surface area contributed by atoms with Crippen LogP contribution in [-0.2, 0) is 11.4 Å². The molecule has 110 valence electrons. The van der Waals surface area contributed by atoms with E-state index in [1.807, 2.05) is 38.1 Å². The molecule has 1 aliphatic rings. The Morgan fingerprint density at radius 2 is 2.05 bits per heavy atom. The Hall–Kier alpha value is -1.12. The summed E-state index contributed by atoms with van der Waals surface area (Å²) < 4.78 is 0.996. The predicted octanol–water partition coefficient (Wildman–Crippen LogP) is 2.14. The van der Waals surface area contributed by atoms with Gasteiger partial charge in [-0.25, -0.2) is 4.99 Å². The third kappa shape index (κ3) is 3.94. The van der Waals surface area contributed by atoms with Gasteiger partial charge in [0.05, 0.1) is 0 Å². The minimum atomic E-state index is -0.679. The Balaban J connectivity index is 0.00000200. The highest BCUT2D eigenvalue weighted by molar-refractivity contribution is 9.10. The Morgan fingerprint density at radius 3 is 2.65 bits per heavy atom. The molecule has 0 atom stereocenters. The van der Waals surface area contributed by atoms with Crippen molar-refractivity contribution in [2.24, 2.45) is 21.5 Å². The summed E-state index contributed by atoms with van der Waals surface area (Å²) in [6.07, 6.45) is 0. The molecule has 0 spiro atoms. The van der Waals surface area contributed by atoms with E-state index >= 15 is 0 Å². The van der Waals surface area contributed by atoms with Crippen molar-refractivity contribution in [1.29, 1.82) is 0 Å². The van der Waals surface area contributed by atoms with E-state index in [9.17, 15) is 0 Å². The van der Waals surface area contributed by atoms with Crippen LogP contribution in [-0.4, -0.2) is 22.6 Å². The third-order valence-electron chi connectivity index (χ3n) is 2.57. The van der Waals surface area contributed by atoms with Crippen LogP contribution < -0.4 is 11.5 Å². The summed E-state index contributed by atoms with van der Waals surface area (Å²) in [5.41, 5.74) is 11.7. The largest absolute Gasteiger partial charge is 0.368 e. The van der Waals surface area contributed by atoms with Crippen LogP contribution in [0.4, 0.5) is 0 Å². The molecule has 0 aliphatic carbocycles. The van der Waals surface area contributed by atoms with E-state index < -0.39 is 5.66 Å². The van der Waals surface area contributed by atoms with E-state index in [2.05, 4.69) is 25.9 Å². The van der Waals surface area contributed by atoms with Crippen molar-refractivity contribution in [1.82, 2.24) is 5.06 Å². The Bertz CT molecular complexity index is 544. The number of hydroxylamine groups is 2. The van der Waals surface area contributed by atoms with Gasteiger partial charge in [0.2, 0.25) is 11.9 Å². The highest BCUT2D eigenvalue weighted by Gasteiger charge is 2.33. The second kappa shape index (κ2) is 6.55. The van der Waals surface area contributed by atoms with E-state index in [1.54, 1.807) is 0 Å². The first-order chi connectivity index (χ1) is 8.88. The fourth-order valence-electron chi connectivity index (χ4n) is 1.78. The third-order valence-corrected chi connectivity index (χ3v) is 3.06. The highest BCUT2D eigenvalue weighted by atomic mass is 79.9. The number of hydrogen-bond donors (Lipinski definition) is 2. The van der Waals surface area contributed by atoms with E-state index in [4.69, 9.17) is 16.3 Å². The van der Waals surface area contributed by atoms with Crippen LogP contribution in [0.25, 0.3) is 0 Å². The highest BCUT2D eigenvalue weighted by Crippen LogP contribution is 2.21. The van der Waals surface area contributed by atoms with Gasteiger partial charge in [-0.1, -0.05) is 28.1 Å². The smallest absolute Gasteiger partial charge is 0.226 e. The number of aliphatic imine (C=N–C) groups is 2. The number of nitrogens with two attached hydrogens (primary N) is 2. The van der Waals surface area contributed by atoms with E-state index in [0.717, 1.165) is 10.0 Å². The molecule has 2 rings (SSSR count). The van der Waals surface area contributed by atoms with Crippen LogP contribution in [0.1, 0.15) is 19.4 Å². The summed E-state index contributed by atoms with van der Waals surface area (Å²) in [5, 5.41) is 1.46. The fraction of sp³-hybridized carbons (Fsp3) is 0.333. The van der Waals surface area contributed by atoms with Crippen molar-refractivity contribution < 1.29 is 4.84 Å². The summed E-state index contributed by atoms with van der Waals surface area (Å²) in [5.74, 6) is 0.359. The molecular formula is C12H17Br2N5O. The molecule has 0 saturated carbocycles. The second-order valence-electron chi connectivity index (χ2n) is 4.63. The first-order valence-electron chi connectivity index (χ1n) is 5.75. The molecule has 0 radical (unpaired) electrons. The van der Waals surface area contributed by atoms with Crippen LogP contribution in [0.3, 0.4) is 0 Å². The standard InChI is InChI=1S/C12H16BrN5O.BrH/c1-12(2)17-10(14)16-11(15)18(12)19-7-8-4-3-5-9(13)6-8;/h3-6H,7H2,1-2H3,(H4,14,15,16,17);1H. The lowest BCUT2D eigenvalue weighted by Crippen LogP contribution is -2.53. The minimum Gasteiger partial charge on any atom is -0.368 e. The van der Waals surface area contributed by atoms with Crippen molar-refractivity contribution in [3.8, 4) is 0 Å². The van der Waals surface area contributed by atoms with Crippen LogP contribution >= 0.6 is 32.9 Å². The average Bonchev–Trinajstić information content (AvgIpc) is 2.26. The first kappa shape index (κ1) is 16.9. The first-order valence-corrected chi connectivity index (χ1v) is 6.55. The molecule has 0 fully saturated rings. The summed E-state index contributed by atoms with van der Waals surface area (Å²) in [6.45, 7) is 4.07. The summed E-state index contributed by atoms with van der Waals surface area (Å²) in [7, 11) is 0. The Kier molecular flexibility index (Phi) is 5.55. The normalized spacial score (nSPS) is 17.1. The van der Waals surface area contributed by atoms with E-state index in [0.29, 0.717) is 6.61 Å². The second-order valence-corrected chi connectivity index (χ2v) is 5.55. The van der Waals surface area contributed by atoms with Crippen molar-refractivity contribution in [2.45, 2.75) is 26.1 Å². The van der Waals surface area contributed by atoms with Crippen molar-refractivity contribution >= 4 is 44.8 Å². The van der Waals surface area contributed by atoms with E-state index in [1.165, 1.54) is 5.06 Å². The van der Waals surface area contributed by atoms with Crippen molar-refractivity contribution in [3.63, 3.8) is 0 Å². The molecule has 0 bridgehead atoms. The molecule has 4 N–H and O–H groups in total. The maximum atomic E-state index is 5.82. The quantitative estimate of drug-likeness (QED) is 0.804. The lowest BCUT2D eigenvalue weighted by molar-refractivity contribution is -0.166. The zero-order valence-corrected chi connectivity index (χ0v) is 14.5. The number of halogens is 2. The average molecular weight is 407 g/mol. The maximum absolute atomic E-state index is 5.82. The number of rotatable bonds is 3. The van der Waals surface area contributed by atoms with Crippen LogP contribution in [0.2, 0.25) is 0 Å². The number of nitrogens with zero attached hydrogens (tertiary/aromatic N) is 3. The van der Waals surface area contributed by atoms with Gasteiger partial charge < -0.3 is 11.5 Å². The molecule has 0 unspecified atom stereocenters. The number of guanidine groups is 2. The zero-order valence-electron chi connectivity index (χ0n) is 11.2. The van der Waals surface area contributed by atoms with Gasteiger partial charge in [0, 0.05) is 4.47 Å². The van der Waals surface area contributed by atoms with Gasteiger partial charge in [-0.15, -0.1) is 17.0 Å². The lowest BCUT2D eigenvalue weighted by Gasteiger charge is -2.36. The van der Waals surface area contributed by atoms with Gasteiger partial charge in [0.15, 0.2) is 5.66 Å². The van der Waals surface area contributed by atoms with Gasteiger partial charge in [-0.3, -0.25) is 4.84 Å². The van der Waals surface area contributed by atoms with Crippen molar-refractivity contribution in [2.75, 3.05) is 0 Å². The number of hydrogen-bond acceptors (Lipinski definition) is 6. The maximum Gasteiger partial charge on any atom is 0.226 e. The summed E-state index contributed by atoms with van der Waals surface area (Å²) in [6, 6.07) is 7.83. The predicted molar refractivity (Wildman–Crippen MR) is 88.4 cm³/mol. The molecule has 1 aliphatic heterocycles. The van der Waals surface area contributed by atoms with Crippen LogP contribution in [0.5, 0.6) is 0 Å². The molecular weight excluding hydrogens is 390 g/mol. The molecule has 1 heterocycles. The lowest BCUT2D eigenvalue weighted by atomic mass is 10.2. The molecule has 1 aromatic rings. The molecule has 20 heavy (non-hydrogen) atoms. The molecule has 6 nitrogen and oxygen atoms in total. The SMILES string of the molecule is Br.CC1(C)N=C(N)N=C(N)N1OCc1cccc(Br)c1. The van der Waals surface area contributed by atoms with Gasteiger partial charge in [0.1, 0.15) is 6.61 Å². The van der Waals surface area contributed by atoms with E-state index in [-0.39, 0.29) is 28.9 Å². The summed E-state index contributed by atoms with van der Waals surface area (Å²) in [4.78, 5) is 13.8. The molecule has 0 saturated heterocycles. The molecule has 0 aromatic heterocycles. The Labute approximate surface area is 136 Å². The number of benzene rings is 1. The summed E-state index contributed by atoms with van der Waals surface area (Å²) >= 11 is 3.41. The van der Waals surface area contributed by atoms with Crippen molar-refractivity contribution in [3.05, 3.63) is 34.3 Å². The Morgan fingerprint density at radius 1 is 1.35 bits per heavy atom. The fourth-order valence-corrected chi connectivity index (χ4v) is 2.23. The molecule has 8 heteroatoms. The van der Waals surface area contributed by atoms with Gasteiger partial charge >= 0.3 is 0 Å². The van der Waals surface area contributed by atoms with Gasteiger partial charge in [-0.2, -0.15) is 10.1 Å². The molecule has 1 aromatic carbocycles. The van der Waals surface area contributed by atoms with Crippen LogP contribution in [0.15, 0.2) is 38.7 Å². The topological polar surface area (TPSA) is 89.2 Å². The molecule has 0 amide bonds. The van der Waals surface area contributed by atoms with Crippen LogP contribution in [0, 0.1) is 0 Å². The zero-order chi connectivity index (χ0) is 14.0.